The van der Waals surface area contributed by atoms with Crippen LogP contribution >= 0.6 is 0 Å². The van der Waals surface area contributed by atoms with Gasteiger partial charge in [0.1, 0.15) is 15.4 Å². The zero-order valence-electron chi connectivity index (χ0n) is 11.0. The van der Waals surface area contributed by atoms with Gasteiger partial charge < -0.3 is 10.2 Å². The van der Waals surface area contributed by atoms with E-state index in [0.717, 1.165) is 6.26 Å². The fourth-order valence-corrected chi connectivity index (χ4v) is 2.59. The number of nitrogens with zero attached hydrogens (tertiary/aromatic N) is 1. The summed E-state index contributed by atoms with van der Waals surface area (Å²) in [5.41, 5.74) is -0.861. The minimum atomic E-state index is -3.03. The van der Waals surface area contributed by atoms with Gasteiger partial charge in [0.15, 0.2) is 0 Å². The molecule has 0 saturated carbocycles. The normalized spacial score (nSPS) is 25.2. The molecule has 0 bridgehead atoms. The summed E-state index contributed by atoms with van der Waals surface area (Å²) < 4.78 is 22.0. The van der Waals surface area contributed by atoms with Gasteiger partial charge in [-0.2, -0.15) is 0 Å². The first kappa shape index (κ1) is 14.9. The Labute approximate surface area is 108 Å². The van der Waals surface area contributed by atoms with E-state index >= 15 is 0 Å². The van der Waals surface area contributed by atoms with E-state index in [1.54, 1.807) is 6.92 Å². The summed E-state index contributed by atoms with van der Waals surface area (Å²) in [6, 6.07) is 0. The molecule has 1 saturated heterocycles. The molecule has 0 aromatic heterocycles. The second kappa shape index (κ2) is 5.26. The summed E-state index contributed by atoms with van der Waals surface area (Å²) in [4.78, 5) is 25.1. The maximum absolute atomic E-state index is 12.1. The van der Waals surface area contributed by atoms with E-state index in [1.807, 2.05) is 6.92 Å². The second-order valence-corrected chi connectivity index (χ2v) is 7.20. The summed E-state index contributed by atoms with van der Waals surface area (Å²) in [6.07, 6.45) is 2.03. The van der Waals surface area contributed by atoms with Crippen molar-refractivity contribution in [1.29, 1.82) is 0 Å². The number of hydrogen-bond donors (Lipinski definition) is 1. The average Bonchev–Trinajstić information content (AvgIpc) is 2.23. The van der Waals surface area contributed by atoms with Crippen LogP contribution in [0.25, 0.3) is 0 Å². The molecule has 104 valence electrons. The maximum Gasteiger partial charge on any atom is 0.248 e. The van der Waals surface area contributed by atoms with Gasteiger partial charge in [-0.1, -0.05) is 6.92 Å². The van der Waals surface area contributed by atoms with Crippen LogP contribution in [-0.4, -0.2) is 55.8 Å². The first-order chi connectivity index (χ1) is 8.18. The summed E-state index contributed by atoms with van der Waals surface area (Å²) in [5.74, 6) is -0.308. The van der Waals surface area contributed by atoms with Crippen molar-refractivity contribution in [2.45, 2.75) is 32.2 Å². The van der Waals surface area contributed by atoms with Gasteiger partial charge in [-0.15, -0.1) is 0 Å². The Morgan fingerprint density at radius 2 is 2.00 bits per heavy atom. The number of nitrogens with one attached hydrogen (secondary N) is 1. The Hall–Kier alpha value is -1.11. The summed E-state index contributed by atoms with van der Waals surface area (Å²) in [5, 5.41) is 2.68. The van der Waals surface area contributed by atoms with Crippen molar-refractivity contribution < 1.29 is 18.0 Å². The summed E-state index contributed by atoms with van der Waals surface area (Å²) in [6.45, 7) is 3.83. The van der Waals surface area contributed by atoms with Gasteiger partial charge in [0.05, 0.1) is 12.3 Å². The predicted octanol–water partition coefficient (Wildman–Crippen LogP) is -0.452. The molecule has 0 aliphatic carbocycles. The molecule has 0 aromatic carbocycles. The van der Waals surface area contributed by atoms with Crippen molar-refractivity contribution in [3.8, 4) is 0 Å². The Bertz CT molecular complexity index is 446. The first-order valence-corrected chi connectivity index (χ1v) is 8.02. The number of carbonyl (C=O) groups is 2. The lowest BCUT2D eigenvalue weighted by molar-refractivity contribution is -0.149. The fraction of sp³-hybridized carbons (Fsp3) is 0.818. The van der Waals surface area contributed by atoms with E-state index in [-0.39, 0.29) is 24.1 Å². The van der Waals surface area contributed by atoms with Crippen LogP contribution in [0.1, 0.15) is 26.7 Å². The lowest BCUT2D eigenvalue weighted by Gasteiger charge is -2.39. The molecule has 1 heterocycles. The smallest absolute Gasteiger partial charge is 0.248 e. The predicted molar refractivity (Wildman–Crippen MR) is 67.7 cm³/mol. The van der Waals surface area contributed by atoms with Gasteiger partial charge in [0.25, 0.3) is 0 Å². The van der Waals surface area contributed by atoms with E-state index in [9.17, 15) is 18.0 Å². The zero-order chi connectivity index (χ0) is 14.0. The maximum atomic E-state index is 12.1. The molecular formula is C11H20N2O4S. The van der Waals surface area contributed by atoms with Crippen molar-refractivity contribution in [3.05, 3.63) is 0 Å². The van der Waals surface area contributed by atoms with E-state index in [0.29, 0.717) is 19.4 Å². The fourth-order valence-electron chi connectivity index (χ4n) is 1.93. The molecule has 1 atom stereocenters. The van der Waals surface area contributed by atoms with Crippen LogP contribution in [0.3, 0.4) is 0 Å². The summed E-state index contributed by atoms with van der Waals surface area (Å²) >= 11 is 0. The molecule has 0 radical (unpaired) electrons. The van der Waals surface area contributed by atoms with Gasteiger partial charge in [0, 0.05) is 12.8 Å². The molecule has 6 nitrogen and oxygen atoms in total. The molecule has 18 heavy (non-hydrogen) atoms. The molecule has 7 heteroatoms. The lowest BCUT2D eigenvalue weighted by atomic mass is 9.94. The van der Waals surface area contributed by atoms with Gasteiger partial charge in [-0.25, -0.2) is 8.42 Å². The highest BCUT2D eigenvalue weighted by atomic mass is 32.2. The number of piperazine rings is 1. The molecule has 1 fully saturated rings. The molecule has 1 aliphatic heterocycles. The molecule has 1 rings (SSSR count). The minimum absolute atomic E-state index is 0.0121. The number of sulfone groups is 1. The molecule has 1 N–H and O–H groups in total. The number of amides is 2. The summed E-state index contributed by atoms with van der Waals surface area (Å²) in [7, 11) is -3.03. The third-order valence-electron chi connectivity index (χ3n) is 3.16. The van der Waals surface area contributed by atoms with E-state index in [1.165, 1.54) is 4.90 Å². The van der Waals surface area contributed by atoms with Crippen LogP contribution in [-0.2, 0) is 19.4 Å². The van der Waals surface area contributed by atoms with E-state index in [4.69, 9.17) is 0 Å². The van der Waals surface area contributed by atoms with Crippen molar-refractivity contribution in [2.75, 3.05) is 25.1 Å². The van der Waals surface area contributed by atoms with Crippen LogP contribution in [0.2, 0.25) is 0 Å². The Morgan fingerprint density at radius 1 is 1.39 bits per heavy atom. The number of rotatable bonds is 5. The quantitative estimate of drug-likeness (QED) is 0.737. The van der Waals surface area contributed by atoms with Crippen LogP contribution in [0.5, 0.6) is 0 Å². The SMILES string of the molecule is CCC1(C)NC(=O)CN(CCCS(C)(=O)=O)C1=O. The first-order valence-electron chi connectivity index (χ1n) is 5.96. The number of hydrogen-bond acceptors (Lipinski definition) is 4. The molecule has 2 amide bonds. The highest BCUT2D eigenvalue weighted by Crippen LogP contribution is 2.17. The third kappa shape index (κ3) is 3.69. The van der Waals surface area contributed by atoms with Crippen LogP contribution in [0.4, 0.5) is 0 Å². The average molecular weight is 276 g/mol. The van der Waals surface area contributed by atoms with Crippen molar-refractivity contribution in [3.63, 3.8) is 0 Å². The Balaban J connectivity index is 2.65. The van der Waals surface area contributed by atoms with Crippen molar-refractivity contribution >= 4 is 21.7 Å². The lowest BCUT2D eigenvalue weighted by Crippen LogP contribution is -2.65. The van der Waals surface area contributed by atoms with E-state index in [2.05, 4.69) is 5.32 Å². The standard InChI is InChI=1S/C11H20N2O4S/c1-4-11(2)10(15)13(8-9(14)12-11)6-5-7-18(3,16)17/h4-8H2,1-3H3,(H,12,14). The Morgan fingerprint density at radius 3 is 2.50 bits per heavy atom. The molecule has 0 spiro atoms. The van der Waals surface area contributed by atoms with Crippen molar-refractivity contribution in [1.82, 2.24) is 10.2 Å². The third-order valence-corrected chi connectivity index (χ3v) is 4.19. The van der Waals surface area contributed by atoms with Crippen LogP contribution in [0, 0.1) is 0 Å². The molecule has 1 unspecified atom stereocenters. The highest BCUT2D eigenvalue weighted by Gasteiger charge is 2.41. The Kier molecular flexibility index (Phi) is 4.37. The molecule has 1 aliphatic rings. The highest BCUT2D eigenvalue weighted by molar-refractivity contribution is 7.90. The molecule has 0 aromatic rings. The van der Waals surface area contributed by atoms with Crippen LogP contribution in [0.15, 0.2) is 0 Å². The topological polar surface area (TPSA) is 83.6 Å². The van der Waals surface area contributed by atoms with Crippen LogP contribution < -0.4 is 5.32 Å². The minimum Gasteiger partial charge on any atom is -0.340 e. The van der Waals surface area contributed by atoms with E-state index < -0.39 is 15.4 Å². The van der Waals surface area contributed by atoms with Gasteiger partial charge in [0.2, 0.25) is 11.8 Å². The largest absolute Gasteiger partial charge is 0.340 e. The monoisotopic (exact) mass is 276 g/mol. The van der Waals surface area contributed by atoms with Crippen molar-refractivity contribution in [2.24, 2.45) is 0 Å². The van der Waals surface area contributed by atoms with Gasteiger partial charge in [-0.05, 0) is 19.8 Å². The van der Waals surface area contributed by atoms with Gasteiger partial charge >= 0.3 is 0 Å². The zero-order valence-corrected chi connectivity index (χ0v) is 11.8. The van der Waals surface area contributed by atoms with Gasteiger partial charge in [-0.3, -0.25) is 9.59 Å². The number of carbonyl (C=O) groups excluding carboxylic acids is 2. The molecular weight excluding hydrogens is 256 g/mol. The second-order valence-electron chi connectivity index (χ2n) is 4.94.